The minimum Gasteiger partial charge on any atom is -0.457 e. The van der Waals surface area contributed by atoms with Crippen molar-refractivity contribution in [2.24, 2.45) is 28.6 Å². The number of hydrogen-bond donors (Lipinski definition) is 1. The first-order valence-corrected chi connectivity index (χ1v) is 16.8. The van der Waals surface area contributed by atoms with Crippen molar-refractivity contribution in [2.75, 3.05) is 13.1 Å². The topological polar surface area (TPSA) is 99.1 Å². The van der Waals surface area contributed by atoms with Crippen molar-refractivity contribution in [3.8, 4) is 11.5 Å². The summed E-state index contributed by atoms with van der Waals surface area (Å²) >= 11 is 1.60. The highest BCUT2D eigenvalue weighted by atomic mass is 32.2. The molecular weight excluding hydrogens is 633 g/mol. The molecule has 0 aromatic heterocycles. The molecule has 0 bridgehead atoms. The zero-order valence-corrected chi connectivity index (χ0v) is 27.3. The highest BCUT2D eigenvalue weighted by molar-refractivity contribution is 7.98. The fourth-order valence-corrected chi connectivity index (χ4v) is 9.43. The number of rotatable bonds is 7. The molecule has 6 rings (SSSR count). The van der Waals surface area contributed by atoms with E-state index in [2.05, 4.69) is 0 Å². The van der Waals surface area contributed by atoms with E-state index in [9.17, 15) is 23.9 Å². The monoisotopic (exact) mass is 670 g/mol. The van der Waals surface area contributed by atoms with Gasteiger partial charge in [-0.1, -0.05) is 19.9 Å². The number of halogens is 3. The number of aliphatic hydroxyl groups is 1. The van der Waals surface area contributed by atoms with Crippen LogP contribution in [0.15, 0.2) is 77.2 Å². The summed E-state index contributed by atoms with van der Waals surface area (Å²) in [7, 11) is 0. The molecule has 3 saturated carbocycles. The summed E-state index contributed by atoms with van der Waals surface area (Å²) in [6, 6.07) is 13.5. The van der Waals surface area contributed by atoms with Gasteiger partial charge in [-0.15, -0.1) is 11.8 Å². The van der Waals surface area contributed by atoms with Crippen LogP contribution in [-0.2, 0) is 19.1 Å². The van der Waals surface area contributed by atoms with Gasteiger partial charge in [0.05, 0.1) is 11.7 Å². The number of carbonyl (C=O) groups excluding carboxylic acids is 3. The summed E-state index contributed by atoms with van der Waals surface area (Å²) in [4.78, 5) is 40.7. The highest BCUT2D eigenvalue weighted by Gasteiger charge is 2.78. The molecule has 2 aromatic rings. The molecule has 47 heavy (non-hydrogen) atoms. The van der Waals surface area contributed by atoms with Crippen LogP contribution in [0.2, 0.25) is 0 Å². The Morgan fingerprint density at radius 2 is 1.66 bits per heavy atom. The molecule has 11 heteroatoms. The maximum absolute atomic E-state index is 17.6. The Labute approximate surface area is 275 Å². The normalized spacial score (nSPS) is 37.2. The number of ether oxygens (including phenoxy) is 3. The summed E-state index contributed by atoms with van der Waals surface area (Å²) in [5.74, 6) is -4.20. The summed E-state index contributed by atoms with van der Waals surface area (Å²) in [5.41, 5.74) is -7.59. The average molecular weight is 671 g/mol. The van der Waals surface area contributed by atoms with Crippen LogP contribution in [0.25, 0.3) is 0 Å². The Morgan fingerprint density at radius 1 is 1.02 bits per heavy atom. The van der Waals surface area contributed by atoms with E-state index >= 15 is 8.78 Å². The van der Waals surface area contributed by atoms with E-state index in [4.69, 9.17) is 14.2 Å². The number of allylic oxidation sites excluding steroid dienone is 4. The molecule has 0 aliphatic heterocycles. The predicted octanol–water partition coefficient (Wildman–Crippen LogP) is 7.13. The van der Waals surface area contributed by atoms with Crippen molar-refractivity contribution >= 4 is 29.5 Å². The fraction of sp³-hybridized carbons (Fsp3) is 0.472. The van der Waals surface area contributed by atoms with Crippen molar-refractivity contribution in [3.05, 3.63) is 77.9 Å². The molecular formula is C36H37F3O7S. The van der Waals surface area contributed by atoms with Crippen LogP contribution >= 0.6 is 11.8 Å². The molecule has 2 unspecified atom stereocenters. The molecule has 250 valence electrons. The Kier molecular flexibility index (Phi) is 8.40. The summed E-state index contributed by atoms with van der Waals surface area (Å²) in [5, 5.41) is 11.7. The van der Waals surface area contributed by atoms with Crippen molar-refractivity contribution in [1.82, 2.24) is 0 Å². The molecule has 0 heterocycles. The molecule has 4 aliphatic rings. The van der Waals surface area contributed by atoms with E-state index in [1.54, 1.807) is 37.7 Å². The van der Waals surface area contributed by atoms with Crippen LogP contribution in [0, 0.1) is 28.6 Å². The van der Waals surface area contributed by atoms with Gasteiger partial charge in [-0.05, 0) is 105 Å². The van der Waals surface area contributed by atoms with Crippen molar-refractivity contribution in [3.63, 3.8) is 0 Å². The molecule has 1 N–H and O–H groups in total. The number of hydrogen-bond acceptors (Lipinski definition) is 8. The number of aliphatic hydroxyl groups excluding tert-OH is 1. The first-order chi connectivity index (χ1) is 22.2. The van der Waals surface area contributed by atoms with E-state index in [1.165, 1.54) is 31.2 Å². The van der Waals surface area contributed by atoms with Gasteiger partial charge in [-0.25, -0.2) is 22.8 Å². The number of fused-ring (bicyclic) bond motifs is 5. The van der Waals surface area contributed by atoms with Gasteiger partial charge in [-0.2, -0.15) is 0 Å². The quantitative estimate of drug-likeness (QED) is 0.246. The van der Waals surface area contributed by atoms with Gasteiger partial charge < -0.3 is 19.3 Å². The second-order valence-electron chi connectivity index (χ2n) is 13.5. The maximum Gasteiger partial charge on any atom is 0.353 e. The lowest BCUT2D eigenvalue weighted by Crippen LogP contribution is -2.71. The van der Waals surface area contributed by atoms with Gasteiger partial charge in [-0.3, -0.25) is 4.79 Å². The van der Waals surface area contributed by atoms with Crippen LogP contribution in [-0.4, -0.2) is 59.5 Å². The Hall–Kier alpha value is -3.57. The van der Waals surface area contributed by atoms with Crippen LogP contribution in [0.1, 0.15) is 50.4 Å². The lowest BCUT2D eigenvalue weighted by molar-refractivity contribution is -0.232. The van der Waals surface area contributed by atoms with E-state index in [0.29, 0.717) is 11.5 Å². The lowest BCUT2D eigenvalue weighted by Gasteiger charge is -2.63. The number of thioether (sulfide) groups is 1. The number of carbonyl (C=O) groups is 3. The molecule has 0 radical (unpaired) electrons. The Morgan fingerprint density at radius 3 is 2.28 bits per heavy atom. The number of esters is 2. The van der Waals surface area contributed by atoms with Crippen LogP contribution in [0.3, 0.4) is 0 Å². The first kappa shape index (κ1) is 33.3. The third-order valence-corrected chi connectivity index (χ3v) is 12.0. The third kappa shape index (κ3) is 4.86. The van der Waals surface area contributed by atoms with Gasteiger partial charge in [0.1, 0.15) is 17.7 Å². The largest absolute Gasteiger partial charge is 0.457 e. The Bertz CT molecular complexity index is 1640. The molecule has 9 atom stereocenters. The number of alkyl halides is 3. The second-order valence-corrected chi connectivity index (χ2v) is 14.3. The maximum atomic E-state index is 17.6. The fourth-order valence-electron chi connectivity index (χ4n) is 9.02. The standard InChI is InChI=1S/C36H37F3O7S/c1-20-15-26-27-17-29(38)28-16-22(40)13-14-33(28,2)35(27,39)30(41)18-34(26,3)36(20,32(43)44-19-37)46-31(42)21-5-7-23(8-6-21)45-24-9-11-25(47-4)12-10-24/h5-14,16,20,26-27,29-30,41H,15,17-19H2,1-4H3/t20-,26+,27+,29+,30+,33+,34+,35?,36?/m1/s1. The van der Waals surface area contributed by atoms with Crippen LogP contribution in [0.5, 0.6) is 11.5 Å². The SMILES string of the molecule is CSc1ccc(Oc2ccc(C(=O)OC3(C(=O)OCF)[C@H](C)C[C@H]4[C@@H]5C[C@H](F)C6=CC(=O)C=C[C@]6(C)C5(F)[C@@H](O)C[C@@]43C)cc2)cc1. The zero-order valence-electron chi connectivity index (χ0n) is 26.5. The molecule has 3 fully saturated rings. The van der Waals surface area contributed by atoms with E-state index in [1.807, 2.05) is 30.5 Å². The minimum absolute atomic E-state index is 0.0311. The van der Waals surface area contributed by atoms with Gasteiger partial charge in [0.25, 0.3) is 0 Å². The van der Waals surface area contributed by atoms with Gasteiger partial charge in [0.2, 0.25) is 12.5 Å². The molecule has 2 aromatic carbocycles. The molecule has 0 amide bonds. The Balaban J connectivity index is 1.33. The second kappa shape index (κ2) is 11.8. The van der Waals surface area contributed by atoms with Crippen molar-refractivity contribution in [1.29, 1.82) is 0 Å². The summed E-state index contributed by atoms with van der Waals surface area (Å²) in [6.45, 7) is 3.20. The zero-order chi connectivity index (χ0) is 33.9. The molecule has 4 aliphatic carbocycles. The van der Waals surface area contributed by atoms with E-state index < -0.39 is 76.7 Å². The number of ketones is 1. The highest BCUT2D eigenvalue weighted by Crippen LogP contribution is 2.71. The van der Waals surface area contributed by atoms with Crippen LogP contribution < -0.4 is 4.74 Å². The lowest BCUT2D eigenvalue weighted by atomic mass is 9.44. The van der Waals surface area contributed by atoms with E-state index in [0.717, 1.165) is 11.0 Å². The first-order valence-electron chi connectivity index (χ1n) is 15.6. The van der Waals surface area contributed by atoms with Gasteiger partial charge in [0, 0.05) is 27.6 Å². The minimum atomic E-state index is -2.40. The summed E-state index contributed by atoms with van der Waals surface area (Å²) in [6.07, 6.45) is 1.52. The summed E-state index contributed by atoms with van der Waals surface area (Å²) < 4.78 is 63.9. The smallest absolute Gasteiger partial charge is 0.353 e. The molecule has 7 nitrogen and oxygen atoms in total. The van der Waals surface area contributed by atoms with Crippen molar-refractivity contribution < 1.29 is 46.9 Å². The van der Waals surface area contributed by atoms with Gasteiger partial charge >= 0.3 is 11.9 Å². The predicted molar refractivity (Wildman–Crippen MR) is 168 cm³/mol. The molecule has 0 saturated heterocycles. The van der Waals surface area contributed by atoms with E-state index in [-0.39, 0.29) is 30.4 Å². The molecule has 0 spiro atoms. The number of benzene rings is 2. The van der Waals surface area contributed by atoms with Crippen molar-refractivity contribution in [2.45, 2.75) is 68.5 Å². The van der Waals surface area contributed by atoms with Gasteiger partial charge in [0.15, 0.2) is 11.5 Å². The third-order valence-electron chi connectivity index (χ3n) is 11.3. The average Bonchev–Trinajstić information content (AvgIpc) is 3.26. The van der Waals surface area contributed by atoms with Crippen LogP contribution in [0.4, 0.5) is 13.2 Å².